The predicted molar refractivity (Wildman–Crippen MR) is 91.8 cm³/mol. The SMILES string of the molecule is Cc1ccc(SCC(=O)NNS(=O)(=O)c2ccc(Cl)cc2F)cc1. The van der Waals surface area contributed by atoms with Gasteiger partial charge in [0.1, 0.15) is 10.7 Å². The van der Waals surface area contributed by atoms with Crippen molar-refractivity contribution in [3.05, 3.63) is 58.9 Å². The lowest BCUT2D eigenvalue weighted by Crippen LogP contribution is -2.42. The summed E-state index contributed by atoms with van der Waals surface area (Å²) >= 11 is 6.83. The number of benzene rings is 2. The standard InChI is InChI=1S/C15H14ClFN2O3S2/c1-10-2-5-12(6-3-10)23-9-15(20)18-19-24(21,22)14-7-4-11(16)8-13(14)17/h2-8,19H,9H2,1H3,(H,18,20). The molecule has 0 saturated heterocycles. The molecule has 0 saturated carbocycles. The molecule has 9 heteroatoms. The summed E-state index contributed by atoms with van der Waals surface area (Å²) in [7, 11) is -4.22. The van der Waals surface area contributed by atoms with E-state index in [1.807, 2.05) is 41.4 Å². The summed E-state index contributed by atoms with van der Waals surface area (Å²) in [6.07, 6.45) is 0. The van der Waals surface area contributed by atoms with Crippen LogP contribution in [0.2, 0.25) is 5.02 Å². The summed E-state index contributed by atoms with van der Waals surface area (Å²) in [5, 5.41) is 0.0741. The van der Waals surface area contributed by atoms with E-state index >= 15 is 0 Å². The number of rotatable bonds is 6. The van der Waals surface area contributed by atoms with Crippen LogP contribution in [0.1, 0.15) is 5.56 Å². The minimum atomic E-state index is -4.22. The first kappa shape index (κ1) is 18.7. The van der Waals surface area contributed by atoms with Crippen LogP contribution in [-0.4, -0.2) is 20.1 Å². The summed E-state index contributed by atoms with van der Waals surface area (Å²) in [5.74, 6) is -1.55. The number of nitrogens with one attached hydrogen (secondary N) is 2. The number of carbonyl (C=O) groups is 1. The zero-order valence-corrected chi connectivity index (χ0v) is 14.9. The van der Waals surface area contributed by atoms with Crippen molar-refractivity contribution in [2.24, 2.45) is 0 Å². The van der Waals surface area contributed by atoms with E-state index in [-0.39, 0.29) is 10.8 Å². The molecule has 24 heavy (non-hydrogen) atoms. The fourth-order valence-corrected chi connectivity index (χ4v) is 3.47. The number of aryl methyl sites for hydroxylation is 1. The average molecular weight is 389 g/mol. The Morgan fingerprint density at radius 1 is 1.21 bits per heavy atom. The van der Waals surface area contributed by atoms with Crippen LogP contribution < -0.4 is 10.3 Å². The highest BCUT2D eigenvalue weighted by molar-refractivity contribution is 8.00. The third kappa shape index (κ3) is 5.20. The molecular formula is C15H14ClFN2O3S2. The van der Waals surface area contributed by atoms with Gasteiger partial charge in [0.25, 0.3) is 10.0 Å². The number of hydrogen-bond donors (Lipinski definition) is 2. The topological polar surface area (TPSA) is 75.3 Å². The number of carbonyl (C=O) groups excluding carboxylic acids is 1. The third-order valence-electron chi connectivity index (χ3n) is 2.90. The lowest BCUT2D eigenvalue weighted by atomic mass is 10.2. The monoisotopic (exact) mass is 388 g/mol. The van der Waals surface area contributed by atoms with Gasteiger partial charge < -0.3 is 0 Å². The molecule has 2 rings (SSSR count). The Balaban J connectivity index is 1.91. The first-order chi connectivity index (χ1) is 11.3. The smallest absolute Gasteiger partial charge is 0.260 e. The molecule has 2 aromatic carbocycles. The van der Waals surface area contributed by atoms with Crippen molar-refractivity contribution >= 4 is 39.3 Å². The summed E-state index contributed by atoms with van der Waals surface area (Å²) in [5.41, 5.74) is 3.15. The lowest BCUT2D eigenvalue weighted by molar-refractivity contribution is -0.119. The van der Waals surface area contributed by atoms with E-state index in [9.17, 15) is 17.6 Å². The van der Waals surface area contributed by atoms with Crippen LogP contribution in [0.3, 0.4) is 0 Å². The largest absolute Gasteiger partial charge is 0.277 e. The van der Waals surface area contributed by atoms with E-state index < -0.39 is 26.6 Å². The van der Waals surface area contributed by atoms with E-state index in [4.69, 9.17) is 11.6 Å². The Hall–Kier alpha value is -1.61. The molecule has 0 radical (unpaired) electrons. The molecule has 0 bridgehead atoms. The maximum Gasteiger partial charge on any atom is 0.260 e. The Labute approximate surface area is 148 Å². The van der Waals surface area contributed by atoms with Gasteiger partial charge in [-0.15, -0.1) is 16.6 Å². The number of amides is 1. The van der Waals surface area contributed by atoms with Crippen molar-refractivity contribution in [2.45, 2.75) is 16.7 Å². The minimum Gasteiger partial charge on any atom is -0.277 e. The molecule has 128 valence electrons. The zero-order valence-electron chi connectivity index (χ0n) is 12.5. The van der Waals surface area contributed by atoms with Crippen molar-refractivity contribution in [1.29, 1.82) is 0 Å². The van der Waals surface area contributed by atoms with Crippen molar-refractivity contribution in [2.75, 3.05) is 5.75 Å². The Kier molecular flexibility index (Phi) is 6.22. The van der Waals surface area contributed by atoms with Crippen LogP contribution in [0.25, 0.3) is 0 Å². The molecule has 0 aliphatic heterocycles. The van der Waals surface area contributed by atoms with Gasteiger partial charge in [-0.1, -0.05) is 29.3 Å². The second kappa shape index (κ2) is 7.98. The maximum absolute atomic E-state index is 13.7. The number of halogens is 2. The maximum atomic E-state index is 13.7. The van der Waals surface area contributed by atoms with Crippen molar-refractivity contribution < 1.29 is 17.6 Å². The fraction of sp³-hybridized carbons (Fsp3) is 0.133. The van der Waals surface area contributed by atoms with E-state index in [1.165, 1.54) is 17.8 Å². The number of hydrogen-bond acceptors (Lipinski definition) is 4. The minimum absolute atomic E-state index is 0.00861. The van der Waals surface area contributed by atoms with E-state index in [0.29, 0.717) is 0 Å². The van der Waals surface area contributed by atoms with Gasteiger partial charge in [-0.05, 0) is 37.3 Å². The molecule has 0 atom stereocenters. The third-order valence-corrected chi connectivity index (χ3v) is 5.43. The Morgan fingerprint density at radius 2 is 1.88 bits per heavy atom. The molecule has 0 unspecified atom stereocenters. The lowest BCUT2D eigenvalue weighted by Gasteiger charge is -2.09. The molecule has 2 aromatic rings. The predicted octanol–water partition coefficient (Wildman–Crippen LogP) is 2.89. The summed E-state index contributed by atoms with van der Waals surface area (Å²) in [4.78, 5) is 13.9. The molecule has 0 aliphatic rings. The first-order valence-electron chi connectivity index (χ1n) is 6.73. The van der Waals surface area contributed by atoms with Gasteiger partial charge in [-0.3, -0.25) is 10.2 Å². The van der Waals surface area contributed by atoms with Gasteiger partial charge in [0.15, 0.2) is 0 Å². The quantitative estimate of drug-likeness (QED) is 0.589. The van der Waals surface area contributed by atoms with Gasteiger partial charge in [-0.25, -0.2) is 12.8 Å². The molecule has 0 fully saturated rings. The fourth-order valence-electron chi connectivity index (χ4n) is 1.69. The number of thioether (sulfide) groups is 1. The van der Waals surface area contributed by atoms with Gasteiger partial charge >= 0.3 is 0 Å². The Morgan fingerprint density at radius 3 is 2.50 bits per heavy atom. The molecular weight excluding hydrogens is 375 g/mol. The van der Waals surface area contributed by atoms with Crippen LogP contribution in [0, 0.1) is 12.7 Å². The molecule has 2 N–H and O–H groups in total. The molecule has 0 aliphatic carbocycles. The molecule has 5 nitrogen and oxygen atoms in total. The molecule has 0 heterocycles. The second-order valence-corrected chi connectivity index (χ2v) is 7.97. The highest BCUT2D eigenvalue weighted by atomic mass is 35.5. The summed E-state index contributed by atoms with van der Waals surface area (Å²) in [6, 6.07) is 10.7. The van der Waals surface area contributed by atoms with Gasteiger partial charge in [-0.2, -0.15) is 0 Å². The van der Waals surface area contributed by atoms with Crippen LogP contribution in [0.15, 0.2) is 52.3 Å². The Bertz CT molecular complexity index is 842. The summed E-state index contributed by atoms with van der Waals surface area (Å²) in [6.45, 7) is 1.95. The van der Waals surface area contributed by atoms with Crippen molar-refractivity contribution in [3.8, 4) is 0 Å². The van der Waals surface area contributed by atoms with Crippen molar-refractivity contribution in [1.82, 2.24) is 10.3 Å². The number of sulfonamides is 1. The van der Waals surface area contributed by atoms with Crippen LogP contribution in [0.5, 0.6) is 0 Å². The number of hydrazine groups is 1. The second-order valence-electron chi connectivity index (χ2n) is 4.83. The highest BCUT2D eigenvalue weighted by Crippen LogP contribution is 2.19. The van der Waals surface area contributed by atoms with Gasteiger partial charge in [0.05, 0.1) is 5.75 Å². The highest BCUT2D eigenvalue weighted by Gasteiger charge is 2.19. The molecule has 0 aromatic heterocycles. The van der Waals surface area contributed by atoms with Gasteiger partial charge in [0.2, 0.25) is 5.91 Å². The van der Waals surface area contributed by atoms with E-state index in [2.05, 4.69) is 0 Å². The normalized spacial score (nSPS) is 11.3. The van der Waals surface area contributed by atoms with E-state index in [0.717, 1.165) is 22.6 Å². The van der Waals surface area contributed by atoms with Crippen molar-refractivity contribution in [3.63, 3.8) is 0 Å². The van der Waals surface area contributed by atoms with Crippen LogP contribution in [-0.2, 0) is 14.8 Å². The average Bonchev–Trinajstić information content (AvgIpc) is 2.52. The van der Waals surface area contributed by atoms with Gasteiger partial charge in [0, 0.05) is 9.92 Å². The van der Waals surface area contributed by atoms with E-state index in [1.54, 1.807) is 0 Å². The van der Waals surface area contributed by atoms with Crippen LogP contribution >= 0.6 is 23.4 Å². The molecule has 1 amide bonds. The molecule has 0 spiro atoms. The zero-order chi connectivity index (χ0) is 17.7. The van der Waals surface area contributed by atoms with Crippen LogP contribution in [0.4, 0.5) is 4.39 Å². The first-order valence-corrected chi connectivity index (χ1v) is 9.58. The summed E-state index contributed by atoms with van der Waals surface area (Å²) < 4.78 is 37.6.